The van der Waals surface area contributed by atoms with Gasteiger partial charge < -0.3 is 15.0 Å². The van der Waals surface area contributed by atoms with E-state index >= 15 is 0 Å². The molecule has 1 fully saturated rings. The molecule has 220 valence electrons. The lowest BCUT2D eigenvalue weighted by Crippen LogP contribution is -2.53. The summed E-state index contributed by atoms with van der Waals surface area (Å²) in [6.07, 6.45) is 0.678. The second kappa shape index (κ2) is 13.1. The quantitative estimate of drug-likeness (QED) is 0.412. The van der Waals surface area contributed by atoms with Gasteiger partial charge in [0, 0.05) is 12.6 Å². The van der Waals surface area contributed by atoms with Gasteiger partial charge in [0.1, 0.15) is 18.3 Å². The van der Waals surface area contributed by atoms with Gasteiger partial charge in [-0.05, 0) is 55.7 Å². The van der Waals surface area contributed by atoms with Gasteiger partial charge in [-0.3, -0.25) is 13.9 Å². The minimum Gasteiger partial charge on any atom is -0.497 e. The number of methoxy groups -OCH3 is 1. The first-order valence-electron chi connectivity index (χ1n) is 12.8. The molecule has 1 saturated carbocycles. The fourth-order valence-electron chi connectivity index (χ4n) is 4.59. The lowest BCUT2D eigenvalue weighted by molar-refractivity contribution is -0.139. The highest BCUT2D eigenvalue weighted by Gasteiger charge is 2.35. The van der Waals surface area contributed by atoms with Crippen LogP contribution >= 0.6 is 11.6 Å². The summed E-state index contributed by atoms with van der Waals surface area (Å²) in [4.78, 5) is 28.1. The molecule has 0 radical (unpaired) electrons. The molecular weight excluding hydrogens is 571 g/mol. The standard InChI is InChI=1S/C27H33ClF3N3O5S/c1-18(26(36)32-21-9-5-4-6-10-21)33(16-19-8-7-11-22(14-19)39-2)25(35)17-34(40(3,37)38)24-15-20(27(29,30)31)12-13-23(24)28/h7-8,11-15,18,21H,4-6,9-10,16-17H2,1-3H3,(H,32,36). The summed E-state index contributed by atoms with van der Waals surface area (Å²) in [7, 11) is -2.79. The van der Waals surface area contributed by atoms with Crippen LogP contribution in [0.4, 0.5) is 18.9 Å². The van der Waals surface area contributed by atoms with Crippen LogP contribution in [0.3, 0.4) is 0 Å². The topological polar surface area (TPSA) is 96.0 Å². The van der Waals surface area contributed by atoms with Gasteiger partial charge in [0.25, 0.3) is 0 Å². The van der Waals surface area contributed by atoms with Crippen molar-refractivity contribution < 1.29 is 35.9 Å². The fourth-order valence-corrected chi connectivity index (χ4v) is 5.72. The highest BCUT2D eigenvalue weighted by molar-refractivity contribution is 7.92. The Morgan fingerprint density at radius 2 is 1.80 bits per heavy atom. The molecule has 0 bridgehead atoms. The summed E-state index contributed by atoms with van der Waals surface area (Å²) in [6, 6.07) is 7.98. The van der Waals surface area contributed by atoms with Crippen LogP contribution in [0.5, 0.6) is 5.75 Å². The number of nitrogens with zero attached hydrogens (tertiary/aromatic N) is 2. The van der Waals surface area contributed by atoms with Gasteiger partial charge >= 0.3 is 6.18 Å². The molecule has 1 atom stereocenters. The van der Waals surface area contributed by atoms with Crippen LogP contribution in [0.1, 0.15) is 50.2 Å². The van der Waals surface area contributed by atoms with Crippen molar-refractivity contribution in [3.05, 3.63) is 58.6 Å². The van der Waals surface area contributed by atoms with Crippen molar-refractivity contribution in [2.45, 2.75) is 63.8 Å². The number of benzene rings is 2. The van der Waals surface area contributed by atoms with Gasteiger partial charge in [-0.1, -0.05) is 43.0 Å². The Balaban J connectivity index is 1.96. The molecule has 3 rings (SSSR count). The van der Waals surface area contributed by atoms with E-state index in [1.165, 1.54) is 18.9 Å². The van der Waals surface area contributed by atoms with Crippen LogP contribution in [0.15, 0.2) is 42.5 Å². The number of hydrogen-bond acceptors (Lipinski definition) is 5. The van der Waals surface area contributed by atoms with Gasteiger partial charge in [0.2, 0.25) is 21.8 Å². The molecule has 0 saturated heterocycles. The summed E-state index contributed by atoms with van der Waals surface area (Å²) in [5.74, 6) is -0.697. The van der Waals surface area contributed by atoms with Crippen molar-refractivity contribution in [2.24, 2.45) is 0 Å². The van der Waals surface area contributed by atoms with Crippen LogP contribution in [-0.2, 0) is 32.3 Å². The first-order valence-corrected chi connectivity index (χ1v) is 15.0. The van der Waals surface area contributed by atoms with Gasteiger partial charge in [-0.15, -0.1) is 0 Å². The van der Waals surface area contributed by atoms with E-state index in [1.807, 2.05) is 0 Å². The van der Waals surface area contributed by atoms with Crippen LogP contribution in [0.2, 0.25) is 5.02 Å². The minimum atomic E-state index is -4.77. The maximum Gasteiger partial charge on any atom is 0.416 e. The van der Waals surface area contributed by atoms with Gasteiger partial charge in [0.15, 0.2) is 0 Å². The van der Waals surface area contributed by atoms with E-state index in [0.29, 0.717) is 21.7 Å². The number of carbonyl (C=O) groups excluding carboxylic acids is 2. The molecule has 2 amide bonds. The zero-order valence-electron chi connectivity index (χ0n) is 22.5. The summed E-state index contributed by atoms with van der Waals surface area (Å²) in [6.45, 7) is 0.576. The molecule has 13 heteroatoms. The lowest BCUT2D eigenvalue weighted by atomic mass is 9.95. The summed E-state index contributed by atoms with van der Waals surface area (Å²) in [5.41, 5.74) is -1.01. The van der Waals surface area contributed by atoms with Crippen molar-refractivity contribution in [3.63, 3.8) is 0 Å². The molecule has 1 aliphatic rings. The second-order valence-electron chi connectivity index (χ2n) is 9.83. The Kier molecular flexibility index (Phi) is 10.3. The summed E-state index contributed by atoms with van der Waals surface area (Å²) >= 11 is 6.12. The number of carbonyl (C=O) groups is 2. The van der Waals surface area contributed by atoms with E-state index < -0.39 is 51.9 Å². The van der Waals surface area contributed by atoms with Gasteiger partial charge in [-0.25, -0.2) is 8.42 Å². The van der Waals surface area contributed by atoms with Crippen molar-refractivity contribution in [1.29, 1.82) is 0 Å². The van der Waals surface area contributed by atoms with Crippen molar-refractivity contribution in [3.8, 4) is 5.75 Å². The van der Waals surface area contributed by atoms with E-state index in [1.54, 1.807) is 24.3 Å². The van der Waals surface area contributed by atoms with Crippen molar-refractivity contribution in [2.75, 3.05) is 24.2 Å². The van der Waals surface area contributed by atoms with E-state index in [2.05, 4.69) is 5.32 Å². The number of amides is 2. The predicted molar refractivity (Wildman–Crippen MR) is 147 cm³/mol. The van der Waals surface area contributed by atoms with E-state index in [4.69, 9.17) is 16.3 Å². The maximum absolute atomic E-state index is 13.7. The van der Waals surface area contributed by atoms with Crippen molar-refractivity contribution in [1.82, 2.24) is 10.2 Å². The molecule has 8 nitrogen and oxygen atoms in total. The van der Waals surface area contributed by atoms with Crippen LogP contribution in [-0.4, -0.2) is 57.1 Å². The number of halogens is 4. The highest BCUT2D eigenvalue weighted by atomic mass is 35.5. The Hall–Kier alpha value is -2.99. The normalized spacial score (nSPS) is 15.3. The molecule has 0 aromatic heterocycles. The molecule has 1 unspecified atom stereocenters. The molecule has 2 aromatic carbocycles. The van der Waals surface area contributed by atoms with E-state index in [9.17, 15) is 31.2 Å². The second-order valence-corrected chi connectivity index (χ2v) is 12.1. The Morgan fingerprint density at radius 3 is 2.40 bits per heavy atom. The number of rotatable bonds is 10. The predicted octanol–water partition coefficient (Wildman–Crippen LogP) is 5.00. The van der Waals surface area contributed by atoms with Gasteiger partial charge in [-0.2, -0.15) is 13.2 Å². The Bertz CT molecular complexity index is 1320. The first-order chi connectivity index (χ1) is 18.7. The maximum atomic E-state index is 13.7. The molecular formula is C27H33ClF3N3O5S. The average Bonchev–Trinajstić information content (AvgIpc) is 2.89. The Labute approximate surface area is 237 Å². The minimum absolute atomic E-state index is 0.0334. The smallest absolute Gasteiger partial charge is 0.416 e. The third-order valence-electron chi connectivity index (χ3n) is 6.83. The monoisotopic (exact) mass is 603 g/mol. The molecule has 1 N–H and O–H groups in total. The van der Waals surface area contributed by atoms with E-state index in [-0.39, 0.29) is 17.6 Å². The number of anilines is 1. The number of alkyl halides is 3. The van der Waals surface area contributed by atoms with Crippen LogP contribution < -0.4 is 14.4 Å². The number of sulfonamides is 1. The third kappa shape index (κ3) is 8.26. The third-order valence-corrected chi connectivity index (χ3v) is 8.27. The van der Waals surface area contributed by atoms with Gasteiger partial charge in [0.05, 0.1) is 29.6 Å². The Morgan fingerprint density at radius 1 is 1.12 bits per heavy atom. The lowest BCUT2D eigenvalue weighted by Gasteiger charge is -2.33. The molecule has 0 heterocycles. The molecule has 2 aromatic rings. The molecule has 0 spiro atoms. The van der Waals surface area contributed by atoms with Crippen molar-refractivity contribution >= 4 is 39.1 Å². The number of hydrogen-bond donors (Lipinski definition) is 1. The molecule has 40 heavy (non-hydrogen) atoms. The van der Waals surface area contributed by atoms with Crippen LogP contribution in [0.25, 0.3) is 0 Å². The van der Waals surface area contributed by atoms with Crippen LogP contribution in [0, 0.1) is 0 Å². The number of ether oxygens (including phenoxy) is 1. The zero-order valence-corrected chi connectivity index (χ0v) is 24.1. The van der Waals surface area contributed by atoms with E-state index in [0.717, 1.165) is 50.5 Å². The highest BCUT2D eigenvalue weighted by Crippen LogP contribution is 2.36. The summed E-state index contributed by atoms with van der Waals surface area (Å²) < 4.78 is 71.4. The summed E-state index contributed by atoms with van der Waals surface area (Å²) in [5, 5.41) is 2.69. The number of nitrogens with one attached hydrogen (secondary N) is 1. The molecule has 0 aliphatic heterocycles. The fraction of sp³-hybridized carbons (Fsp3) is 0.481. The first kappa shape index (κ1) is 31.5. The molecule has 1 aliphatic carbocycles. The zero-order chi connectivity index (χ0) is 29.7. The SMILES string of the molecule is COc1cccc(CN(C(=O)CN(c2cc(C(F)(F)F)ccc2Cl)S(C)(=O)=O)C(C)C(=O)NC2CCCCC2)c1. The average molecular weight is 604 g/mol. The largest absolute Gasteiger partial charge is 0.497 e.